The van der Waals surface area contributed by atoms with Gasteiger partial charge in [0.1, 0.15) is 0 Å². The van der Waals surface area contributed by atoms with Gasteiger partial charge in [-0.25, -0.2) is 8.42 Å². The molecule has 0 bridgehead atoms. The van der Waals surface area contributed by atoms with Crippen LogP contribution in [0.25, 0.3) is 0 Å². The summed E-state index contributed by atoms with van der Waals surface area (Å²) in [6.07, 6.45) is 1.65. The molecule has 0 saturated heterocycles. The van der Waals surface area contributed by atoms with Crippen LogP contribution in [-0.2, 0) is 16.4 Å². The second-order valence-electron chi connectivity index (χ2n) is 7.01. The Hall–Kier alpha value is -2.83. The number of aryl methyl sites for hydroxylation is 1. The smallest absolute Gasteiger partial charge is 0.261 e. The molecule has 156 valence electrons. The number of anilines is 1. The maximum atomic E-state index is 12.6. The van der Waals surface area contributed by atoms with Crippen molar-refractivity contribution in [3.63, 3.8) is 0 Å². The summed E-state index contributed by atoms with van der Waals surface area (Å²) in [6.45, 7) is 1.94. The predicted molar refractivity (Wildman–Crippen MR) is 120 cm³/mol. The Kier molecular flexibility index (Phi) is 7.13. The van der Waals surface area contributed by atoms with E-state index in [1.54, 1.807) is 18.2 Å². The highest BCUT2D eigenvalue weighted by atomic mass is 35.5. The van der Waals surface area contributed by atoms with Gasteiger partial charge in [0.2, 0.25) is 0 Å². The third kappa shape index (κ3) is 5.84. The normalized spacial score (nSPS) is 12.2. The number of carbonyl (C=O) groups is 1. The second-order valence-corrected chi connectivity index (χ2v) is 9.10. The van der Waals surface area contributed by atoms with E-state index in [0.717, 1.165) is 12.8 Å². The van der Waals surface area contributed by atoms with Gasteiger partial charge in [-0.05, 0) is 55.7 Å². The maximum absolute atomic E-state index is 12.6. The Morgan fingerprint density at radius 2 is 1.60 bits per heavy atom. The number of rotatable bonds is 8. The van der Waals surface area contributed by atoms with E-state index in [4.69, 9.17) is 11.6 Å². The summed E-state index contributed by atoms with van der Waals surface area (Å²) in [7, 11) is -3.73. The molecular weight excluding hydrogens is 420 g/mol. The van der Waals surface area contributed by atoms with Crippen LogP contribution in [0, 0.1) is 0 Å². The molecule has 0 unspecified atom stereocenters. The zero-order chi connectivity index (χ0) is 21.6. The van der Waals surface area contributed by atoms with Crippen LogP contribution in [0.2, 0.25) is 5.02 Å². The van der Waals surface area contributed by atoms with Gasteiger partial charge in [-0.15, -0.1) is 0 Å². The second kappa shape index (κ2) is 9.78. The quantitative estimate of drug-likeness (QED) is 0.521. The largest absolute Gasteiger partial charge is 0.350 e. The van der Waals surface area contributed by atoms with E-state index in [-0.39, 0.29) is 27.6 Å². The van der Waals surface area contributed by atoms with Crippen molar-refractivity contribution in [1.82, 2.24) is 5.32 Å². The fourth-order valence-electron chi connectivity index (χ4n) is 2.98. The van der Waals surface area contributed by atoms with Crippen LogP contribution in [0.4, 0.5) is 5.69 Å². The molecule has 3 rings (SSSR count). The highest BCUT2D eigenvalue weighted by Crippen LogP contribution is 2.23. The molecule has 0 heterocycles. The molecule has 0 aliphatic carbocycles. The molecule has 0 aliphatic heterocycles. The van der Waals surface area contributed by atoms with Crippen molar-refractivity contribution in [2.24, 2.45) is 0 Å². The number of sulfonamides is 1. The van der Waals surface area contributed by atoms with Gasteiger partial charge in [0.25, 0.3) is 15.9 Å². The predicted octanol–water partition coefficient (Wildman–Crippen LogP) is 4.89. The highest BCUT2D eigenvalue weighted by molar-refractivity contribution is 7.92. The SMILES string of the molecule is C[C@@H](CCc1ccccc1)NC(=O)c1ccc(NS(=O)(=O)c2ccccc2)cc1Cl. The Balaban J connectivity index is 1.62. The van der Waals surface area contributed by atoms with Gasteiger partial charge < -0.3 is 5.32 Å². The van der Waals surface area contributed by atoms with E-state index in [2.05, 4.69) is 22.2 Å². The summed E-state index contributed by atoms with van der Waals surface area (Å²) < 4.78 is 27.3. The minimum Gasteiger partial charge on any atom is -0.350 e. The van der Waals surface area contributed by atoms with Crippen LogP contribution in [0.15, 0.2) is 83.8 Å². The van der Waals surface area contributed by atoms with Gasteiger partial charge in [-0.1, -0.05) is 60.1 Å². The lowest BCUT2D eigenvalue weighted by molar-refractivity contribution is 0.0938. The van der Waals surface area contributed by atoms with Gasteiger partial charge in [0, 0.05) is 6.04 Å². The van der Waals surface area contributed by atoms with Crippen molar-refractivity contribution in [3.8, 4) is 0 Å². The number of hydrogen-bond acceptors (Lipinski definition) is 3. The monoisotopic (exact) mass is 442 g/mol. The van der Waals surface area contributed by atoms with Crippen LogP contribution in [0.3, 0.4) is 0 Å². The lowest BCUT2D eigenvalue weighted by atomic mass is 10.1. The molecule has 0 saturated carbocycles. The van der Waals surface area contributed by atoms with E-state index >= 15 is 0 Å². The first-order valence-corrected chi connectivity index (χ1v) is 11.4. The number of hydrogen-bond donors (Lipinski definition) is 2. The molecule has 7 heteroatoms. The standard InChI is InChI=1S/C23H23ClN2O3S/c1-17(12-13-18-8-4-2-5-9-18)25-23(27)21-15-14-19(16-22(21)24)26-30(28,29)20-10-6-3-7-11-20/h2-11,14-17,26H,12-13H2,1H3,(H,25,27)/t17-/m0/s1. The number of carbonyl (C=O) groups excluding carboxylic acids is 1. The minimum absolute atomic E-state index is 0.0370. The average molecular weight is 443 g/mol. The van der Waals surface area contributed by atoms with Gasteiger partial charge in [0.05, 0.1) is 21.2 Å². The van der Waals surface area contributed by atoms with E-state index < -0.39 is 10.0 Å². The van der Waals surface area contributed by atoms with Crippen molar-refractivity contribution in [3.05, 3.63) is 95.0 Å². The topological polar surface area (TPSA) is 75.3 Å². The van der Waals surface area contributed by atoms with Crippen LogP contribution in [0.5, 0.6) is 0 Å². The molecule has 0 spiro atoms. The molecule has 2 N–H and O–H groups in total. The van der Waals surface area contributed by atoms with Gasteiger partial charge >= 0.3 is 0 Å². The first-order valence-electron chi connectivity index (χ1n) is 9.57. The van der Waals surface area contributed by atoms with Crippen molar-refractivity contribution in [2.45, 2.75) is 30.7 Å². The van der Waals surface area contributed by atoms with Gasteiger partial charge in [0.15, 0.2) is 0 Å². The summed E-state index contributed by atoms with van der Waals surface area (Å²) in [4.78, 5) is 12.7. The fraction of sp³-hybridized carbons (Fsp3) is 0.174. The van der Waals surface area contributed by atoms with Crippen molar-refractivity contribution >= 4 is 33.2 Å². The van der Waals surface area contributed by atoms with Gasteiger partial charge in [-0.3, -0.25) is 9.52 Å². The number of halogens is 1. The zero-order valence-electron chi connectivity index (χ0n) is 16.5. The van der Waals surface area contributed by atoms with Crippen molar-refractivity contribution in [2.75, 3.05) is 4.72 Å². The molecule has 1 amide bonds. The lowest BCUT2D eigenvalue weighted by Crippen LogP contribution is -2.33. The third-order valence-electron chi connectivity index (χ3n) is 4.61. The lowest BCUT2D eigenvalue weighted by Gasteiger charge is -2.15. The van der Waals surface area contributed by atoms with Crippen molar-refractivity contribution in [1.29, 1.82) is 0 Å². The first kappa shape index (κ1) is 21.9. The molecule has 0 aliphatic rings. The third-order valence-corrected chi connectivity index (χ3v) is 6.32. The van der Waals surface area contributed by atoms with E-state index in [1.165, 1.54) is 35.9 Å². The number of amides is 1. The summed E-state index contributed by atoms with van der Waals surface area (Å²) >= 11 is 6.26. The Labute approximate surface area is 182 Å². The van der Waals surface area contributed by atoms with Crippen LogP contribution in [0.1, 0.15) is 29.3 Å². The molecule has 3 aromatic carbocycles. The van der Waals surface area contributed by atoms with Crippen LogP contribution in [-0.4, -0.2) is 20.4 Å². The van der Waals surface area contributed by atoms with Gasteiger partial charge in [-0.2, -0.15) is 0 Å². The molecule has 30 heavy (non-hydrogen) atoms. The summed E-state index contributed by atoms with van der Waals surface area (Å²) in [6, 6.07) is 22.5. The van der Waals surface area contributed by atoms with E-state index in [1.807, 2.05) is 25.1 Å². The Morgan fingerprint density at radius 3 is 2.23 bits per heavy atom. The van der Waals surface area contributed by atoms with E-state index in [0.29, 0.717) is 5.56 Å². The summed E-state index contributed by atoms with van der Waals surface area (Å²) in [5, 5.41) is 3.12. The number of benzene rings is 3. The molecule has 3 aromatic rings. The molecule has 0 radical (unpaired) electrons. The first-order chi connectivity index (χ1) is 14.3. The average Bonchev–Trinajstić information content (AvgIpc) is 2.73. The molecular formula is C23H23ClN2O3S. The summed E-state index contributed by atoms with van der Waals surface area (Å²) in [5.41, 5.74) is 1.80. The zero-order valence-corrected chi connectivity index (χ0v) is 18.1. The molecule has 5 nitrogen and oxygen atoms in total. The van der Waals surface area contributed by atoms with Crippen molar-refractivity contribution < 1.29 is 13.2 Å². The maximum Gasteiger partial charge on any atom is 0.261 e. The fourth-order valence-corrected chi connectivity index (χ4v) is 4.31. The van der Waals surface area contributed by atoms with Crippen LogP contribution >= 0.6 is 11.6 Å². The van der Waals surface area contributed by atoms with Crippen LogP contribution < -0.4 is 10.0 Å². The van der Waals surface area contributed by atoms with E-state index in [9.17, 15) is 13.2 Å². The Morgan fingerprint density at radius 1 is 0.967 bits per heavy atom. The number of nitrogens with one attached hydrogen (secondary N) is 2. The highest BCUT2D eigenvalue weighted by Gasteiger charge is 2.17. The molecule has 0 aromatic heterocycles. The summed E-state index contributed by atoms with van der Waals surface area (Å²) in [5.74, 6) is -0.293. The molecule has 0 fully saturated rings. The minimum atomic E-state index is -3.73. The Bertz CT molecular complexity index is 1100. The molecule has 1 atom stereocenters.